The van der Waals surface area contributed by atoms with Crippen LogP contribution in [-0.2, 0) is 57.0 Å². The van der Waals surface area contributed by atoms with Gasteiger partial charge in [-0.25, -0.2) is 0 Å². The van der Waals surface area contributed by atoms with E-state index in [4.69, 9.17) is 53.1 Å². The Hall–Kier alpha value is -2.06. The Labute approximate surface area is 370 Å². The molecule has 0 aromatic rings. The topological polar surface area (TPSA) is 460 Å². The molecule has 65 heavy (non-hydrogen) atoms. The van der Waals surface area contributed by atoms with E-state index in [9.17, 15) is 81.1 Å². The summed E-state index contributed by atoms with van der Waals surface area (Å²) in [6, 6.07) is -2.99. The summed E-state index contributed by atoms with van der Waals surface area (Å²) in [5, 5.41) is 154. The van der Waals surface area contributed by atoms with Crippen molar-refractivity contribution in [3.8, 4) is 0 Å². The highest BCUT2D eigenvalue weighted by atomic mass is 16.8. The number of aliphatic hydroxyl groups excluding tert-OH is 14. The Morgan fingerprint density at radius 2 is 0.846 bits per heavy atom. The van der Waals surface area contributed by atoms with E-state index in [1.165, 1.54) is 0 Å². The van der Waals surface area contributed by atoms with Crippen LogP contribution in [0.25, 0.3) is 0 Å². The van der Waals surface area contributed by atoms with Crippen molar-refractivity contribution in [2.45, 2.75) is 167 Å². The van der Waals surface area contributed by atoms with Gasteiger partial charge in [-0.3, -0.25) is 9.59 Å². The molecule has 25 atom stereocenters. The average molecular weight is 954 g/mol. The molecule has 18 N–H and O–H groups in total. The molecule has 0 spiro atoms. The molecule has 0 aromatic heterocycles. The highest BCUT2D eigenvalue weighted by molar-refractivity contribution is 5.73. The summed E-state index contributed by atoms with van der Waals surface area (Å²) >= 11 is 0. The fourth-order valence-electron chi connectivity index (χ4n) is 8.04. The summed E-state index contributed by atoms with van der Waals surface area (Å²) in [7, 11) is 0. The molecule has 5 rings (SSSR count). The lowest BCUT2D eigenvalue weighted by atomic mass is 9.94. The van der Waals surface area contributed by atoms with E-state index in [1.807, 2.05) is 0 Å². The molecule has 5 heterocycles. The Morgan fingerprint density at radius 1 is 0.446 bits per heavy atom. The smallest absolute Gasteiger partial charge is 0.217 e. The molecule has 2 amide bonds. The van der Waals surface area contributed by atoms with Crippen molar-refractivity contribution in [2.75, 3.05) is 46.2 Å². The predicted octanol–water partition coefficient (Wildman–Crippen LogP) is -11.7. The van der Waals surface area contributed by atoms with Crippen molar-refractivity contribution in [3.05, 3.63) is 0 Å². The second-order valence-electron chi connectivity index (χ2n) is 16.1. The van der Waals surface area contributed by atoms with Crippen LogP contribution in [0.2, 0.25) is 0 Å². The predicted molar refractivity (Wildman–Crippen MR) is 203 cm³/mol. The minimum atomic E-state index is -2.18. The second-order valence-corrected chi connectivity index (χ2v) is 16.1. The number of nitrogens with two attached hydrogens (primary N) is 1. The summed E-state index contributed by atoms with van der Waals surface area (Å²) in [6.45, 7) is -2.21. The molecule has 0 radical (unpaired) electrons. The molecule has 5 saturated heterocycles. The molecular weight excluding hydrogens is 890 g/mol. The molecule has 0 bridgehead atoms. The molecule has 10 unspecified atom stereocenters. The van der Waals surface area contributed by atoms with Gasteiger partial charge in [-0.05, 0) is 0 Å². The number of rotatable bonds is 18. The Kier molecular flexibility index (Phi) is 19.9. The summed E-state index contributed by atoms with van der Waals surface area (Å²) in [4.78, 5) is 24.6. The van der Waals surface area contributed by atoms with Crippen molar-refractivity contribution >= 4 is 11.8 Å². The first-order valence-electron chi connectivity index (χ1n) is 20.8. The zero-order chi connectivity index (χ0) is 48.0. The first kappa shape index (κ1) is 53.9. The van der Waals surface area contributed by atoms with Crippen LogP contribution >= 0.6 is 0 Å². The fraction of sp³-hybridized carbons (Fsp3) is 0.944. The lowest BCUT2D eigenvalue weighted by Gasteiger charge is -2.50. The van der Waals surface area contributed by atoms with Crippen molar-refractivity contribution in [1.29, 1.82) is 0 Å². The molecule has 5 fully saturated rings. The summed E-state index contributed by atoms with van der Waals surface area (Å²) in [6.07, 6.45) is -41.5. The van der Waals surface area contributed by atoms with E-state index in [-0.39, 0.29) is 13.2 Å². The largest absolute Gasteiger partial charge is 0.394 e. The van der Waals surface area contributed by atoms with Crippen molar-refractivity contribution < 1.29 is 128 Å². The SMILES string of the molecule is CC(=O)NC1[C@H](OCCN)OC(CO)[C@@H](O[C@@H]2OC(CO)[C@@H](O[C@@H]3OC(CO[C@H]4OC(CO)[C@@H](O)[C@H](O)C4O)[C@@H](O)[C@H](O[C@H]4O[C@@H](CO)[C@@H](O)C(O)C4O)C3O)[C@H](O)C2NC(C)=O)[C@@H]1O. The van der Waals surface area contributed by atoms with Gasteiger partial charge in [0.1, 0.15) is 122 Å². The Bertz CT molecular complexity index is 1490. The third-order valence-electron chi connectivity index (χ3n) is 11.5. The zero-order valence-electron chi connectivity index (χ0n) is 35.1. The van der Waals surface area contributed by atoms with Crippen molar-refractivity contribution in [1.82, 2.24) is 10.6 Å². The number of amides is 2. The van der Waals surface area contributed by atoms with E-state index < -0.39 is 198 Å². The molecule has 378 valence electrons. The van der Waals surface area contributed by atoms with Gasteiger partial charge in [-0.1, -0.05) is 0 Å². The maximum Gasteiger partial charge on any atom is 0.217 e. The first-order chi connectivity index (χ1) is 30.8. The minimum absolute atomic E-state index is 0.0243. The lowest BCUT2D eigenvalue weighted by Crippen LogP contribution is -2.70. The number of ether oxygens (including phenoxy) is 10. The van der Waals surface area contributed by atoms with Gasteiger partial charge in [0.05, 0.1) is 39.6 Å². The molecule has 0 saturated carbocycles. The second kappa shape index (κ2) is 24.0. The van der Waals surface area contributed by atoms with Gasteiger partial charge in [0.2, 0.25) is 11.8 Å². The van der Waals surface area contributed by atoms with Crippen LogP contribution in [0.1, 0.15) is 13.8 Å². The fourth-order valence-corrected chi connectivity index (χ4v) is 8.04. The summed E-state index contributed by atoms with van der Waals surface area (Å²) in [5.41, 5.74) is 5.53. The van der Waals surface area contributed by atoms with Crippen LogP contribution in [0.5, 0.6) is 0 Å². The maximum atomic E-state index is 12.5. The number of nitrogens with one attached hydrogen (secondary N) is 2. The Balaban J connectivity index is 1.41. The number of hydrogen-bond donors (Lipinski definition) is 17. The lowest BCUT2D eigenvalue weighted by molar-refractivity contribution is -0.384. The van der Waals surface area contributed by atoms with Crippen LogP contribution in [0, 0.1) is 0 Å². The maximum absolute atomic E-state index is 12.5. The van der Waals surface area contributed by atoms with Crippen molar-refractivity contribution in [2.24, 2.45) is 5.73 Å². The van der Waals surface area contributed by atoms with Gasteiger partial charge >= 0.3 is 0 Å². The molecular formula is C36H63N3O26. The molecule has 5 aliphatic rings. The zero-order valence-corrected chi connectivity index (χ0v) is 35.1. The number of aliphatic hydroxyl groups is 14. The molecule has 0 aromatic carbocycles. The van der Waals surface area contributed by atoms with E-state index in [2.05, 4.69) is 10.6 Å². The molecule has 29 heteroatoms. The highest BCUT2D eigenvalue weighted by Crippen LogP contribution is 2.35. The number of hydrogen-bond acceptors (Lipinski definition) is 27. The summed E-state index contributed by atoms with van der Waals surface area (Å²) < 4.78 is 57.2. The highest BCUT2D eigenvalue weighted by Gasteiger charge is 2.56. The van der Waals surface area contributed by atoms with Crippen LogP contribution in [0.4, 0.5) is 0 Å². The van der Waals surface area contributed by atoms with Gasteiger partial charge in [0.25, 0.3) is 0 Å². The van der Waals surface area contributed by atoms with Gasteiger partial charge < -0.3 is 135 Å². The van der Waals surface area contributed by atoms with E-state index >= 15 is 0 Å². The average Bonchev–Trinajstić information content (AvgIpc) is 3.27. The van der Waals surface area contributed by atoms with Crippen LogP contribution in [0.15, 0.2) is 0 Å². The number of carbonyl (C=O) groups is 2. The quantitative estimate of drug-likeness (QED) is 0.0606. The van der Waals surface area contributed by atoms with Crippen LogP contribution < -0.4 is 16.4 Å². The normalized spacial score (nSPS) is 47.2. The van der Waals surface area contributed by atoms with Crippen LogP contribution in [-0.4, -0.2) is 283 Å². The number of carbonyl (C=O) groups excluding carboxylic acids is 2. The standard InChI is InChI=1S/C36H63N3O26/c1-10(44)38-17-22(49)29(14(7-42)60-32(17)56-4-3-37)63-33-18(39-11(2)45)23(50)30(15(8-43)61-33)64-36-28(55)31(65-35-27(54)25(52)20(47)13(6-41)59-35)21(48)16(62-36)9-57-34-26(53)24(51)19(46)12(5-40)58-34/h12-36,40-43,46-55H,3-9,37H2,1-2H3,(H,38,44)(H,39,45)/t12?,13-,14?,15?,16?,17?,18?,19+,20+,21+,22+,23+,24-,25?,26?,27?,28?,29+,30+,31-,32+,33-,34-,35+,36-/m0/s1. The van der Waals surface area contributed by atoms with Crippen molar-refractivity contribution in [3.63, 3.8) is 0 Å². The monoisotopic (exact) mass is 953 g/mol. The molecule has 5 aliphatic heterocycles. The minimum Gasteiger partial charge on any atom is -0.394 e. The molecule has 29 nitrogen and oxygen atoms in total. The van der Waals surface area contributed by atoms with Crippen LogP contribution in [0.3, 0.4) is 0 Å². The van der Waals surface area contributed by atoms with Gasteiger partial charge in [0, 0.05) is 20.4 Å². The van der Waals surface area contributed by atoms with E-state index in [0.29, 0.717) is 0 Å². The third kappa shape index (κ3) is 12.2. The van der Waals surface area contributed by atoms with Gasteiger partial charge in [-0.2, -0.15) is 0 Å². The van der Waals surface area contributed by atoms with E-state index in [1.54, 1.807) is 0 Å². The molecule has 0 aliphatic carbocycles. The van der Waals surface area contributed by atoms with Gasteiger partial charge in [-0.15, -0.1) is 0 Å². The Morgan fingerprint density at radius 3 is 1.34 bits per heavy atom. The van der Waals surface area contributed by atoms with Gasteiger partial charge in [0.15, 0.2) is 31.5 Å². The first-order valence-corrected chi connectivity index (χ1v) is 20.8. The third-order valence-corrected chi connectivity index (χ3v) is 11.5. The van der Waals surface area contributed by atoms with E-state index in [0.717, 1.165) is 13.8 Å². The summed E-state index contributed by atoms with van der Waals surface area (Å²) in [5.74, 6) is -1.41.